The van der Waals surface area contributed by atoms with Gasteiger partial charge in [0, 0.05) is 27.3 Å². The Kier molecular flexibility index (Phi) is 398. The van der Waals surface area contributed by atoms with Crippen LogP contribution in [0.1, 0.15) is 0 Å². The SMILES string of the molecule is CN.[Cl-].[Cl-].[I-].[Pb]. The van der Waals surface area contributed by atoms with E-state index in [2.05, 4.69) is 5.73 Å². The van der Waals surface area contributed by atoms with Gasteiger partial charge in [0.2, 0.25) is 0 Å². The molecule has 5 heteroatoms. The molecule has 0 heterocycles. The zero-order valence-electron chi connectivity index (χ0n) is 3.21. The van der Waals surface area contributed by atoms with Crippen LogP contribution in [0.15, 0.2) is 0 Å². The minimum Gasteiger partial charge on any atom is -1.00 e. The van der Waals surface area contributed by atoms with E-state index < -0.39 is 0 Å². The molecule has 42 valence electrons. The summed E-state index contributed by atoms with van der Waals surface area (Å²) in [5.74, 6) is 0. The van der Waals surface area contributed by atoms with E-state index in [4.69, 9.17) is 0 Å². The van der Waals surface area contributed by atoms with Crippen LogP contribution >= 0.6 is 0 Å². The fourth-order valence-corrected chi connectivity index (χ4v) is 0. The number of rotatable bonds is 0. The monoisotopic (exact) mass is 436 g/mol. The van der Waals surface area contributed by atoms with Crippen molar-refractivity contribution in [2.75, 3.05) is 7.05 Å². The van der Waals surface area contributed by atoms with Gasteiger partial charge >= 0.3 is 0 Å². The van der Waals surface area contributed by atoms with Gasteiger partial charge in [0.25, 0.3) is 0 Å². The number of hydrogen-bond donors (Lipinski definition) is 1. The first-order chi connectivity index (χ1) is 1.00. The summed E-state index contributed by atoms with van der Waals surface area (Å²) in [6.07, 6.45) is 0. The topological polar surface area (TPSA) is 26.0 Å². The zero-order chi connectivity index (χ0) is 2.00. The molecule has 0 atom stereocenters. The molecule has 0 aliphatic carbocycles. The summed E-state index contributed by atoms with van der Waals surface area (Å²) in [6, 6.07) is 0. The van der Waals surface area contributed by atoms with Gasteiger partial charge in [-0.05, 0) is 7.05 Å². The second kappa shape index (κ2) is 57.4. The minimum absolute atomic E-state index is 0. The number of halogens is 3. The zero-order valence-corrected chi connectivity index (χ0v) is 10.8. The summed E-state index contributed by atoms with van der Waals surface area (Å²) in [5.41, 5.74) is 4.50. The molecule has 0 fully saturated rings. The van der Waals surface area contributed by atoms with Crippen LogP contribution in [-0.2, 0) is 0 Å². The van der Waals surface area contributed by atoms with Gasteiger partial charge in [0.15, 0.2) is 0 Å². The Morgan fingerprint density at radius 3 is 1.00 bits per heavy atom. The molecule has 0 aliphatic rings. The third-order valence-corrected chi connectivity index (χ3v) is 0. The van der Waals surface area contributed by atoms with Crippen LogP contribution in [-0.4, -0.2) is 34.3 Å². The maximum Gasteiger partial charge on any atom is 0 e. The van der Waals surface area contributed by atoms with Crippen molar-refractivity contribution in [2.45, 2.75) is 0 Å². The van der Waals surface area contributed by atoms with E-state index in [1.165, 1.54) is 7.05 Å². The molecule has 0 saturated heterocycles. The van der Waals surface area contributed by atoms with Gasteiger partial charge in [0.1, 0.15) is 0 Å². The molecule has 0 unspecified atom stereocenters. The van der Waals surface area contributed by atoms with E-state index >= 15 is 0 Å². The first-order valence-corrected chi connectivity index (χ1v) is 0.577. The average Bonchev–Trinajstić information content (AvgIpc) is 1.00. The average molecular weight is 436 g/mol. The van der Waals surface area contributed by atoms with Crippen LogP contribution in [0, 0.1) is 0 Å². The Labute approximate surface area is 87.8 Å². The van der Waals surface area contributed by atoms with Crippen LogP contribution in [0.25, 0.3) is 0 Å². The van der Waals surface area contributed by atoms with E-state index in [1.807, 2.05) is 0 Å². The molecule has 6 heavy (non-hydrogen) atoms. The normalized spacial score (nSPS) is 1.00. The Morgan fingerprint density at radius 1 is 1.00 bits per heavy atom. The summed E-state index contributed by atoms with van der Waals surface area (Å²) in [5, 5.41) is 0. The standard InChI is InChI=1S/CH5N.2ClH.HI.Pb/c1-2;;;;/h2H2,1H3;3*1H;/p-3. The molecule has 0 bridgehead atoms. The van der Waals surface area contributed by atoms with Gasteiger partial charge in [-0.1, -0.05) is 0 Å². The van der Waals surface area contributed by atoms with E-state index in [-0.39, 0.29) is 76.1 Å². The summed E-state index contributed by atoms with van der Waals surface area (Å²) in [7, 11) is 1.50. The molecular formula is CH5Cl2INPb-3. The van der Waals surface area contributed by atoms with E-state index in [0.717, 1.165) is 0 Å². The minimum atomic E-state index is 0. The second-order valence-corrected chi connectivity index (χ2v) is 0. The smallest absolute Gasteiger partial charge is 0 e. The van der Waals surface area contributed by atoms with Gasteiger partial charge in [-0.15, -0.1) is 0 Å². The number of hydrogen-bond acceptors (Lipinski definition) is 1. The molecule has 2 N–H and O–H groups in total. The van der Waals surface area contributed by atoms with Crippen molar-refractivity contribution in [2.24, 2.45) is 5.73 Å². The number of nitrogens with two attached hydrogens (primary N) is 1. The maximum absolute atomic E-state index is 4.50. The van der Waals surface area contributed by atoms with Crippen molar-refractivity contribution in [3.63, 3.8) is 0 Å². The van der Waals surface area contributed by atoms with E-state index in [0.29, 0.717) is 0 Å². The summed E-state index contributed by atoms with van der Waals surface area (Å²) >= 11 is 0. The molecular weight excluding hydrogens is 431 g/mol. The summed E-state index contributed by atoms with van der Waals surface area (Å²) in [4.78, 5) is 0. The molecule has 0 aromatic heterocycles. The summed E-state index contributed by atoms with van der Waals surface area (Å²) in [6.45, 7) is 0. The fourth-order valence-electron chi connectivity index (χ4n) is 0. The second-order valence-electron chi connectivity index (χ2n) is 0. The molecule has 0 saturated carbocycles. The molecule has 0 aliphatic heterocycles. The first kappa shape index (κ1) is 41.6. The van der Waals surface area contributed by atoms with Crippen LogP contribution in [0.5, 0.6) is 0 Å². The Balaban J connectivity index is -0.000000000833. The Bertz CT molecular complexity index is 13.5. The maximum atomic E-state index is 4.50. The van der Waals surface area contributed by atoms with Gasteiger partial charge in [-0.3, -0.25) is 0 Å². The van der Waals surface area contributed by atoms with Gasteiger partial charge in [-0.25, -0.2) is 0 Å². The quantitative estimate of drug-likeness (QED) is 0.297. The van der Waals surface area contributed by atoms with Crippen LogP contribution in [0.2, 0.25) is 0 Å². The molecule has 0 rings (SSSR count). The molecule has 0 amide bonds. The van der Waals surface area contributed by atoms with Gasteiger partial charge in [0.05, 0.1) is 0 Å². The first-order valence-electron chi connectivity index (χ1n) is 0.577. The fraction of sp³-hybridized carbons (Fsp3) is 1.00. The van der Waals surface area contributed by atoms with Crippen molar-refractivity contribution >= 4 is 27.3 Å². The van der Waals surface area contributed by atoms with E-state index in [1.54, 1.807) is 0 Å². The van der Waals surface area contributed by atoms with Crippen LogP contribution in [0.4, 0.5) is 0 Å². The van der Waals surface area contributed by atoms with Crippen molar-refractivity contribution in [3.8, 4) is 0 Å². The molecule has 0 spiro atoms. The van der Waals surface area contributed by atoms with Crippen molar-refractivity contribution in [1.82, 2.24) is 0 Å². The Morgan fingerprint density at radius 2 is 1.00 bits per heavy atom. The third kappa shape index (κ3) is 34.7. The summed E-state index contributed by atoms with van der Waals surface area (Å²) < 4.78 is 0. The molecule has 4 radical (unpaired) electrons. The van der Waals surface area contributed by atoms with Crippen molar-refractivity contribution in [1.29, 1.82) is 0 Å². The predicted octanol–water partition coefficient (Wildman–Crippen LogP) is -9.79. The molecule has 0 aromatic carbocycles. The molecule has 1 nitrogen and oxygen atoms in total. The van der Waals surface area contributed by atoms with E-state index in [9.17, 15) is 0 Å². The van der Waals surface area contributed by atoms with Crippen molar-refractivity contribution in [3.05, 3.63) is 0 Å². The predicted molar refractivity (Wildman–Crippen MR) is 15.9 cm³/mol. The van der Waals surface area contributed by atoms with Crippen LogP contribution in [0.3, 0.4) is 0 Å². The van der Waals surface area contributed by atoms with Crippen molar-refractivity contribution < 1.29 is 48.8 Å². The van der Waals surface area contributed by atoms with Gasteiger partial charge < -0.3 is 54.5 Å². The molecule has 0 aromatic rings. The third-order valence-electron chi connectivity index (χ3n) is 0. The Hall–Kier alpha value is 2.19. The van der Waals surface area contributed by atoms with Gasteiger partial charge in [-0.2, -0.15) is 0 Å². The largest absolute Gasteiger partial charge is 1.00 e. The van der Waals surface area contributed by atoms with Crippen LogP contribution < -0.4 is 54.5 Å².